The second-order valence-corrected chi connectivity index (χ2v) is 8.95. The molecule has 1 aliphatic heterocycles. The lowest BCUT2D eigenvalue weighted by molar-refractivity contribution is 0.0623. The van der Waals surface area contributed by atoms with E-state index in [1.807, 2.05) is 4.90 Å². The first kappa shape index (κ1) is 17.7. The quantitative estimate of drug-likeness (QED) is 0.843. The van der Waals surface area contributed by atoms with Gasteiger partial charge in [0.15, 0.2) is 0 Å². The highest BCUT2D eigenvalue weighted by atomic mass is 32.2. The zero-order valence-corrected chi connectivity index (χ0v) is 15.4. The fourth-order valence-electron chi connectivity index (χ4n) is 3.52. The van der Waals surface area contributed by atoms with Crippen LogP contribution in [0.4, 0.5) is 0 Å². The van der Waals surface area contributed by atoms with Gasteiger partial charge in [0.2, 0.25) is 9.84 Å². The van der Waals surface area contributed by atoms with E-state index < -0.39 is 9.84 Å². The molecule has 0 bridgehead atoms. The maximum absolute atomic E-state index is 12.7. The van der Waals surface area contributed by atoms with Crippen LogP contribution in [-0.4, -0.2) is 32.3 Å². The maximum Gasteiger partial charge on any atom is 0.253 e. The van der Waals surface area contributed by atoms with Gasteiger partial charge < -0.3 is 4.90 Å². The minimum Gasteiger partial charge on any atom is -0.338 e. The Morgan fingerprint density at radius 2 is 1.40 bits per heavy atom. The summed E-state index contributed by atoms with van der Waals surface area (Å²) in [5.41, 5.74) is 0.535. The molecule has 1 amide bonds. The minimum absolute atomic E-state index is 0.0259. The molecule has 2 atom stereocenters. The van der Waals surface area contributed by atoms with Gasteiger partial charge in [0.25, 0.3) is 5.91 Å². The molecule has 0 N–H and O–H groups in total. The summed E-state index contributed by atoms with van der Waals surface area (Å²) in [6, 6.07) is 14.6. The van der Waals surface area contributed by atoms with Gasteiger partial charge in [0, 0.05) is 18.7 Å². The molecular formula is C20H23NO3S. The number of rotatable bonds is 3. The molecule has 2 aromatic carbocycles. The Labute approximate surface area is 149 Å². The molecule has 0 spiro atoms. The Bertz CT molecular complexity index is 834. The van der Waals surface area contributed by atoms with Crippen LogP contribution in [0, 0.1) is 11.8 Å². The molecule has 5 heteroatoms. The zero-order chi connectivity index (χ0) is 18.0. The van der Waals surface area contributed by atoms with Crippen molar-refractivity contribution in [2.45, 2.75) is 30.1 Å². The number of likely N-dealkylation sites (tertiary alicyclic amines) is 1. The number of piperidine rings is 1. The Morgan fingerprint density at radius 3 is 1.96 bits per heavy atom. The lowest BCUT2D eigenvalue weighted by Crippen LogP contribution is -2.42. The van der Waals surface area contributed by atoms with Crippen LogP contribution in [0.25, 0.3) is 0 Å². The first-order chi connectivity index (χ1) is 11.9. The number of carbonyl (C=O) groups is 1. The van der Waals surface area contributed by atoms with Crippen LogP contribution in [0.1, 0.15) is 30.6 Å². The van der Waals surface area contributed by atoms with Gasteiger partial charge >= 0.3 is 0 Å². The Kier molecular flexibility index (Phi) is 4.95. The Morgan fingerprint density at radius 1 is 0.880 bits per heavy atom. The molecule has 2 aromatic rings. The van der Waals surface area contributed by atoms with Crippen molar-refractivity contribution in [3.8, 4) is 0 Å². The SMILES string of the molecule is CC1CC(C)CN(C(=O)c2ccc(S(=O)(=O)c3ccccc3)cc2)C1. The fourth-order valence-corrected chi connectivity index (χ4v) is 4.81. The summed E-state index contributed by atoms with van der Waals surface area (Å²) in [5, 5.41) is 0. The summed E-state index contributed by atoms with van der Waals surface area (Å²) in [6.07, 6.45) is 1.14. The second-order valence-electron chi connectivity index (χ2n) is 7.00. The molecule has 1 fully saturated rings. The van der Waals surface area contributed by atoms with E-state index in [0.29, 0.717) is 17.4 Å². The van der Waals surface area contributed by atoms with Gasteiger partial charge in [-0.15, -0.1) is 0 Å². The van der Waals surface area contributed by atoms with Crippen LogP contribution in [-0.2, 0) is 9.84 Å². The molecule has 1 heterocycles. The highest BCUT2D eigenvalue weighted by Crippen LogP contribution is 2.24. The average Bonchev–Trinajstić information content (AvgIpc) is 2.61. The van der Waals surface area contributed by atoms with Crippen LogP contribution in [0.3, 0.4) is 0 Å². The standard InChI is InChI=1S/C20H23NO3S/c1-15-12-16(2)14-21(13-15)20(22)17-8-10-19(11-9-17)25(23,24)18-6-4-3-5-7-18/h3-11,15-16H,12-14H2,1-2H3. The van der Waals surface area contributed by atoms with E-state index in [4.69, 9.17) is 0 Å². The predicted octanol–water partition coefficient (Wildman–Crippen LogP) is 3.64. The van der Waals surface area contributed by atoms with Crippen molar-refractivity contribution in [3.05, 3.63) is 60.2 Å². The highest BCUT2D eigenvalue weighted by Gasteiger charge is 2.26. The minimum atomic E-state index is -3.55. The fraction of sp³-hybridized carbons (Fsp3) is 0.350. The highest BCUT2D eigenvalue weighted by molar-refractivity contribution is 7.91. The lowest BCUT2D eigenvalue weighted by atomic mass is 9.91. The van der Waals surface area contributed by atoms with Gasteiger partial charge in [0.05, 0.1) is 9.79 Å². The topological polar surface area (TPSA) is 54.5 Å². The summed E-state index contributed by atoms with van der Waals surface area (Å²) in [4.78, 5) is 15.0. The molecule has 1 saturated heterocycles. The third-order valence-corrected chi connectivity index (χ3v) is 6.41. The van der Waals surface area contributed by atoms with Gasteiger partial charge in [-0.3, -0.25) is 4.79 Å². The molecule has 0 saturated carbocycles. The third kappa shape index (κ3) is 3.76. The van der Waals surface area contributed by atoms with Crippen LogP contribution in [0.15, 0.2) is 64.4 Å². The number of sulfone groups is 1. The molecule has 3 rings (SSSR count). The molecule has 132 valence electrons. The van der Waals surface area contributed by atoms with Crippen LogP contribution in [0.5, 0.6) is 0 Å². The first-order valence-corrected chi connectivity index (χ1v) is 10.1. The third-order valence-electron chi connectivity index (χ3n) is 4.62. The lowest BCUT2D eigenvalue weighted by Gasteiger charge is -2.35. The largest absolute Gasteiger partial charge is 0.338 e. The van der Waals surface area contributed by atoms with Crippen LogP contribution < -0.4 is 0 Å². The van der Waals surface area contributed by atoms with Crippen LogP contribution >= 0.6 is 0 Å². The molecule has 0 radical (unpaired) electrons. The number of carbonyl (C=O) groups excluding carboxylic acids is 1. The van der Waals surface area contributed by atoms with E-state index in [1.54, 1.807) is 42.5 Å². The molecule has 1 aliphatic rings. The van der Waals surface area contributed by atoms with Crippen molar-refractivity contribution < 1.29 is 13.2 Å². The Hall–Kier alpha value is -2.14. The van der Waals surface area contributed by atoms with Crippen molar-refractivity contribution in [1.29, 1.82) is 0 Å². The van der Waals surface area contributed by atoms with E-state index in [0.717, 1.165) is 19.5 Å². The van der Waals surface area contributed by atoms with Gasteiger partial charge in [-0.05, 0) is 54.7 Å². The number of hydrogen-bond donors (Lipinski definition) is 0. The molecule has 2 unspecified atom stereocenters. The smallest absolute Gasteiger partial charge is 0.253 e. The zero-order valence-electron chi connectivity index (χ0n) is 14.6. The normalized spacial score (nSPS) is 21.1. The number of benzene rings is 2. The maximum atomic E-state index is 12.7. The van der Waals surface area contributed by atoms with Gasteiger partial charge in [-0.2, -0.15) is 0 Å². The monoisotopic (exact) mass is 357 g/mol. The van der Waals surface area contributed by atoms with Crippen molar-refractivity contribution in [2.75, 3.05) is 13.1 Å². The van der Waals surface area contributed by atoms with Crippen molar-refractivity contribution in [1.82, 2.24) is 4.90 Å². The average molecular weight is 357 g/mol. The van der Waals surface area contributed by atoms with E-state index >= 15 is 0 Å². The summed E-state index contributed by atoms with van der Waals surface area (Å²) in [5.74, 6) is 0.956. The summed E-state index contributed by atoms with van der Waals surface area (Å²) < 4.78 is 25.2. The number of amides is 1. The summed E-state index contributed by atoms with van der Waals surface area (Å²) in [7, 11) is -3.55. The van der Waals surface area contributed by atoms with E-state index in [-0.39, 0.29) is 15.7 Å². The summed E-state index contributed by atoms with van der Waals surface area (Å²) in [6.45, 7) is 5.83. The molecule has 4 nitrogen and oxygen atoms in total. The summed E-state index contributed by atoms with van der Waals surface area (Å²) >= 11 is 0. The van der Waals surface area contributed by atoms with E-state index in [9.17, 15) is 13.2 Å². The second kappa shape index (κ2) is 7.00. The van der Waals surface area contributed by atoms with E-state index in [1.165, 1.54) is 12.1 Å². The van der Waals surface area contributed by atoms with Crippen molar-refractivity contribution in [2.24, 2.45) is 11.8 Å². The number of hydrogen-bond acceptors (Lipinski definition) is 3. The van der Waals surface area contributed by atoms with Gasteiger partial charge in [-0.25, -0.2) is 8.42 Å². The first-order valence-electron chi connectivity index (χ1n) is 8.57. The van der Waals surface area contributed by atoms with Gasteiger partial charge in [0.1, 0.15) is 0 Å². The predicted molar refractivity (Wildman–Crippen MR) is 97.2 cm³/mol. The number of nitrogens with zero attached hydrogens (tertiary/aromatic N) is 1. The molecule has 0 aliphatic carbocycles. The van der Waals surface area contributed by atoms with Crippen molar-refractivity contribution >= 4 is 15.7 Å². The van der Waals surface area contributed by atoms with Crippen molar-refractivity contribution in [3.63, 3.8) is 0 Å². The molecule has 0 aromatic heterocycles. The van der Waals surface area contributed by atoms with E-state index in [2.05, 4.69) is 13.8 Å². The van der Waals surface area contributed by atoms with Gasteiger partial charge in [-0.1, -0.05) is 32.0 Å². The molecular weight excluding hydrogens is 334 g/mol. The molecule has 25 heavy (non-hydrogen) atoms. The van der Waals surface area contributed by atoms with Crippen LogP contribution in [0.2, 0.25) is 0 Å². The Balaban J connectivity index is 1.82.